The molecule has 2 aliphatic carbocycles. The maximum absolute atomic E-state index is 12.1. The van der Waals surface area contributed by atoms with E-state index in [1.807, 2.05) is 6.92 Å². The van der Waals surface area contributed by atoms with Gasteiger partial charge in [0.1, 0.15) is 17.1 Å². The SMILES string of the molecule is Cc1cc2c(o1)CC(C)(C)C[C@@H]2NC1CCC2(CC1)NC(=O)NC2=O. The highest BCUT2D eigenvalue weighted by atomic mass is 16.3. The molecule has 1 aromatic rings. The Kier molecular flexibility index (Phi) is 3.72. The van der Waals surface area contributed by atoms with E-state index in [-0.39, 0.29) is 17.4 Å². The highest BCUT2D eigenvalue weighted by Crippen LogP contribution is 2.43. The van der Waals surface area contributed by atoms with Crippen LogP contribution in [0, 0.1) is 12.3 Å². The van der Waals surface area contributed by atoms with Gasteiger partial charge in [0.15, 0.2) is 0 Å². The molecule has 136 valence electrons. The van der Waals surface area contributed by atoms with E-state index in [4.69, 9.17) is 4.42 Å². The van der Waals surface area contributed by atoms with E-state index in [0.29, 0.717) is 24.9 Å². The third-order valence-electron chi connectivity index (χ3n) is 6.03. The number of hydrogen-bond acceptors (Lipinski definition) is 4. The van der Waals surface area contributed by atoms with Crippen molar-refractivity contribution < 1.29 is 14.0 Å². The lowest BCUT2D eigenvalue weighted by Gasteiger charge is -2.40. The summed E-state index contributed by atoms with van der Waals surface area (Å²) in [4.78, 5) is 23.5. The normalized spacial score (nSPS) is 33.9. The Morgan fingerprint density at radius 3 is 2.60 bits per heavy atom. The number of aryl methyl sites for hydroxylation is 1. The highest BCUT2D eigenvalue weighted by Gasteiger charge is 2.48. The molecule has 1 saturated carbocycles. The fourth-order valence-corrected chi connectivity index (χ4v) is 4.78. The van der Waals surface area contributed by atoms with Crippen molar-refractivity contribution in [3.63, 3.8) is 0 Å². The Bertz CT molecular complexity index is 713. The van der Waals surface area contributed by atoms with Crippen LogP contribution in [-0.4, -0.2) is 23.5 Å². The molecule has 1 spiro atoms. The van der Waals surface area contributed by atoms with Crippen LogP contribution < -0.4 is 16.0 Å². The van der Waals surface area contributed by atoms with Crippen LogP contribution in [0.4, 0.5) is 4.79 Å². The Morgan fingerprint density at radius 2 is 1.96 bits per heavy atom. The molecule has 6 heteroatoms. The second-order valence-corrected chi connectivity index (χ2v) is 8.76. The minimum atomic E-state index is -0.682. The zero-order valence-electron chi connectivity index (χ0n) is 15.2. The van der Waals surface area contributed by atoms with Gasteiger partial charge in [-0.25, -0.2) is 4.79 Å². The second-order valence-electron chi connectivity index (χ2n) is 8.76. The first-order chi connectivity index (χ1) is 11.8. The predicted octanol–water partition coefficient (Wildman–Crippen LogP) is 2.71. The molecular formula is C19H27N3O3. The fourth-order valence-electron chi connectivity index (χ4n) is 4.78. The summed E-state index contributed by atoms with van der Waals surface area (Å²) < 4.78 is 5.92. The van der Waals surface area contributed by atoms with Crippen molar-refractivity contribution >= 4 is 11.9 Å². The van der Waals surface area contributed by atoms with Gasteiger partial charge in [-0.1, -0.05) is 13.8 Å². The second kappa shape index (κ2) is 5.59. The first-order valence-corrected chi connectivity index (χ1v) is 9.25. The van der Waals surface area contributed by atoms with E-state index < -0.39 is 5.54 Å². The van der Waals surface area contributed by atoms with Crippen molar-refractivity contribution in [2.75, 3.05) is 0 Å². The number of hydrogen-bond donors (Lipinski definition) is 3. The molecule has 0 bridgehead atoms. The summed E-state index contributed by atoms with van der Waals surface area (Å²) >= 11 is 0. The number of urea groups is 1. The van der Waals surface area contributed by atoms with Gasteiger partial charge in [0.05, 0.1) is 0 Å². The summed E-state index contributed by atoms with van der Waals surface area (Å²) in [5, 5.41) is 9.02. The quantitative estimate of drug-likeness (QED) is 0.720. The number of amides is 3. The summed E-state index contributed by atoms with van der Waals surface area (Å²) in [7, 11) is 0. The molecule has 2 fully saturated rings. The standard InChI is InChI=1S/C19H27N3O3/c1-11-8-13-14(9-18(2,3)10-15(13)25-11)20-12-4-6-19(7-5-12)16(23)21-17(24)22-19/h8,12,14,20H,4-7,9-10H2,1-3H3,(H2,21,22,23,24)/t12?,14-,19?/m0/s1. The predicted molar refractivity (Wildman–Crippen MR) is 93.1 cm³/mol. The van der Waals surface area contributed by atoms with Crippen molar-refractivity contribution in [1.29, 1.82) is 0 Å². The van der Waals surface area contributed by atoms with Gasteiger partial charge >= 0.3 is 6.03 Å². The molecule has 1 aromatic heterocycles. The lowest BCUT2D eigenvalue weighted by atomic mass is 9.73. The summed E-state index contributed by atoms with van der Waals surface area (Å²) in [6, 6.07) is 2.46. The first kappa shape index (κ1) is 16.6. The van der Waals surface area contributed by atoms with Gasteiger partial charge in [0.2, 0.25) is 0 Å². The first-order valence-electron chi connectivity index (χ1n) is 9.25. The van der Waals surface area contributed by atoms with Gasteiger partial charge < -0.3 is 15.1 Å². The molecular weight excluding hydrogens is 318 g/mol. The van der Waals surface area contributed by atoms with Gasteiger partial charge in [-0.2, -0.15) is 0 Å². The summed E-state index contributed by atoms with van der Waals surface area (Å²) in [5.74, 6) is 1.92. The molecule has 1 atom stereocenters. The molecule has 1 saturated heterocycles. The third-order valence-corrected chi connectivity index (χ3v) is 6.03. The van der Waals surface area contributed by atoms with Crippen molar-refractivity contribution in [2.45, 2.75) is 76.9 Å². The maximum atomic E-state index is 12.1. The number of furan rings is 1. The monoisotopic (exact) mass is 345 g/mol. The summed E-state index contributed by atoms with van der Waals surface area (Å²) in [6.07, 6.45) is 5.21. The number of rotatable bonds is 2. The molecule has 3 aliphatic rings. The minimum absolute atomic E-state index is 0.164. The van der Waals surface area contributed by atoms with Crippen LogP contribution in [0.15, 0.2) is 10.5 Å². The van der Waals surface area contributed by atoms with Crippen LogP contribution in [0.1, 0.15) is 69.1 Å². The highest BCUT2D eigenvalue weighted by molar-refractivity contribution is 6.07. The number of fused-ring (bicyclic) bond motifs is 1. The smallest absolute Gasteiger partial charge is 0.322 e. The van der Waals surface area contributed by atoms with Crippen molar-refractivity contribution in [1.82, 2.24) is 16.0 Å². The Labute approximate surface area is 148 Å². The molecule has 3 N–H and O–H groups in total. The van der Waals surface area contributed by atoms with Crippen LogP contribution in [0.3, 0.4) is 0 Å². The van der Waals surface area contributed by atoms with Crippen LogP contribution in [0.2, 0.25) is 0 Å². The summed E-state index contributed by atoms with van der Waals surface area (Å²) in [5.41, 5.74) is 0.826. The maximum Gasteiger partial charge on any atom is 0.322 e. The van der Waals surface area contributed by atoms with Crippen LogP contribution in [0.5, 0.6) is 0 Å². The van der Waals surface area contributed by atoms with E-state index >= 15 is 0 Å². The minimum Gasteiger partial charge on any atom is -0.466 e. The lowest BCUT2D eigenvalue weighted by Crippen LogP contribution is -2.52. The van der Waals surface area contributed by atoms with Crippen LogP contribution in [-0.2, 0) is 11.2 Å². The van der Waals surface area contributed by atoms with Gasteiger partial charge in [-0.05, 0) is 50.5 Å². The Morgan fingerprint density at radius 1 is 1.24 bits per heavy atom. The average Bonchev–Trinajstić information content (AvgIpc) is 3.00. The van der Waals surface area contributed by atoms with E-state index in [1.54, 1.807) is 0 Å². The Hall–Kier alpha value is -1.82. The molecule has 25 heavy (non-hydrogen) atoms. The van der Waals surface area contributed by atoms with Crippen molar-refractivity contribution in [3.8, 4) is 0 Å². The average molecular weight is 345 g/mol. The molecule has 1 aliphatic heterocycles. The van der Waals surface area contributed by atoms with Crippen LogP contribution >= 0.6 is 0 Å². The van der Waals surface area contributed by atoms with Gasteiger partial charge in [-0.15, -0.1) is 0 Å². The van der Waals surface area contributed by atoms with Crippen molar-refractivity contribution in [2.24, 2.45) is 5.41 Å². The molecule has 0 aromatic carbocycles. The molecule has 3 amide bonds. The van der Waals surface area contributed by atoms with Gasteiger partial charge in [0.25, 0.3) is 5.91 Å². The van der Waals surface area contributed by atoms with E-state index in [9.17, 15) is 9.59 Å². The lowest BCUT2D eigenvalue weighted by molar-refractivity contribution is -0.125. The topological polar surface area (TPSA) is 83.4 Å². The van der Waals surface area contributed by atoms with Gasteiger partial charge in [0, 0.05) is 24.1 Å². The largest absolute Gasteiger partial charge is 0.466 e. The third kappa shape index (κ3) is 2.97. The number of nitrogens with one attached hydrogen (secondary N) is 3. The molecule has 4 rings (SSSR count). The number of carbonyl (C=O) groups is 2. The zero-order chi connectivity index (χ0) is 17.8. The number of carbonyl (C=O) groups excluding carboxylic acids is 2. The van der Waals surface area contributed by atoms with E-state index in [1.165, 1.54) is 5.56 Å². The molecule has 0 unspecified atom stereocenters. The Balaban J connectivity index is 1.45. The number of imide groups is 1. The molecule has 2 heterocycles. The summed E-state index contributed by atoms with van der Waals surface area (Å²) in [6.45, 7) is 6.58. The zero-order valence-corrected chi connectivity index (χ0v) is 15.2. The molecule has 0 radical (unpaired) electrons. The van der Waals surface area contributed by atoms with Crippen LogP contribution in [0.25, 0.3) is 0 Å². The van der Waals surface area contributed by atoms with E-state index in [2.05, 4.69) is 35.9 Å². The molecule has 6 nitrogen and oxygen atoms in total. The van der Waals surface area contributed by atoms with Crippen molar-refractivity contribution in [3.05, 3.63) is 23.2 Å². The fraction of sp³-hybridized carbons (Fsp3) is 0.684. The van der Waals surface area contributed by atoms with E-state index in [0.717, 1.165) is 37.2 Å². The van der Waals surface area contributed by atoms with Gasteiger partial charge in [-0.3, -0.25) is 10.1 Å².